The van der Waals surface area contributed by atoms with E-state index in [9.17, 15) is 8.42 Å². The van der Waals surface area contributed by atoms with Crippen molar-refractivity contribution in [3.8, 4) is 0 Å². The van der Waals surface area contributed by atoms with Crippen LogP contribution in [0.1, 0.15) is 0 Å². The zero-order valence-corrected chi connectivity index (χ0v) is 14.3. The lowest BCUT2D eigenvalue weighted by molar-refractivity contribution is 0.602. The van der Waals surface area contributed by atoms with Crippen LogP contribution >= 0.6 is 34.2 Å². The Labute approximate surface area is 136 Å². The van der Waals surface area contributed by atoms with Crippen LogP contribution in [0.5, 0.6) is 0 Å². The summed E-state index contributed by atoms with van der Waals surface area (Å²) in [5.74, 6) is 0. The highest BCUT2D eigenvalue weighted by Crippen LogP contribution is 2.31. The number of anilines is 3. The molecular formula is C13H12ClIN2O2S. The Morgan fingerprint density at radius 1 is 1.20 bits per heavy atom. The fraction of sp³-hybridized carbons (Fsp3) is 0.0769. The summed E-state index contributed by atoms with van der Waals surface area (Å²) in [7, 11) is -3.35. The standard InChI is InChI=1S/C13H12ClIN2O2S/c1-20(18,19)12-4-2-3-11(13(12)16)17-10-6-5-8(14)7-9(10)15/h2-7,17H,16H2,1H3. The molecule has 0 unspecified atom stereocenters. The normalized spacial score (nSPS) is 11.3. The number of nitrogens with two attached hydrogens (primary N) is 1. The number of nitrogen functional groups attached to an aromatic ring is 1. The van der Waals surface area contributed by atoms with Gasteiger partial charge in [0.1, 0.15) is 0 Å². The average Bonchev–Trinajstić information content (AvgIpc) is 2.33. The summed E-state index contributed by atoms with van der Waals surface area (Å²) in [4.78, 5) is 0.117. The number of benzene rings is 2. The maximum atomic E-state index is 11.6. The molecule has 0 bridgehead atoms. The molecule has 0 aliphatic rings. The Bertz CT molecular complexity index is 763. The van der Waals surface area contributed by atoms with Gasteiger partial charge in [0.2, 0.25) is 0 Å². The Hall–Kier alpha value is -0.990. The topological polar surface area (TPSA) is 72.2 Å². The highest BCUT2D eigenvalue weighted by atomic mass is 127. The number of hydrogen-bond donors (Lipinski definition) is 2. The molecule has 0 radical (unpaired) electrons. The molecule has 3 N–H and O–H groups in total. The summed E-state index contributed by atoms with van der Waals surface area (Å²) < 4.78 is 24.2. The lowest BCUT2D eigenvalue weighted by Crippen LogP contribution is -2.05. The van der Waals surface area contributed by atoms with E-state index in [-0.39, 0.29) is 10.6 Å². The van der Waals surface area contributed by atoms with Crippen LogP contribution in [0.25, 0.3) is 0 Å². The highest BCUT2D eigenvalue weighted by molar-refractivity contribution is 14.1. The van der Waals surface area contributed by atoms with Gasteiger partial charge < -0.3 is 11.1 Å². The third-order valence-electron chi connectivity index (χ3n) is 2.67. The number of halogens is 2. The summed E-state index contributed by atoms with van der Waals surface area (Å²) in [5.41, 5.74) is 7.50. The van der Waals surface area contributed by atoms with Gasteiger partial charge in [-0.1, -0.05) is 17.7 Å². The minimum Gasteiger partial charge on any atom is -0.396 e. The van der Waals surface area contributed by atoms with Gasteiger partial charge in [0.05, 0.1) is 22.0 Å². The molecule has 0 saturated carbocycles. The molecular weight excluding hydrogens is 411 g/mol. The maximum absolute atomic E-state index is 11.6. The first kappa shape index (κ1) is 15.4. The van der Waals surface area contributed by atoms with Gasteiger partial charge in [-0.25, -0.2) is 8.42 Å². The molecule has 7 heteroatoms. The summed E-state index contributed by atoms with van der Waals surface area (Å²) in [6.07, 6.45) is 1.13. The van der Waals surface area contributed by atoms with E-state index in [1.807, 2.05) is 6.07 Å². The quantitative estimate of drug-likeness (QED) is 0.585. The maximum Gasteiger partial charge on any atom is 0.177 e. The second-order valence-corrected chi connectivity index (χ2v) is 7.82. The zero-order chi connectivity index (χ0) is 14.9. The molecule has 20 heavy (non-hydrogen) atoms. The molecule has 0 aliphatic carbocycles. The predicted octanol–water partition coefficient (Wildman–Crippen LogP) is 3.67. The molecule has 0 spiro atoms. The minimum absolute atomic E-state index is 0.117. The molecule has 0 saturated heterocycles. The molecule has 0 amide bonds. The van der Waals surface area contributed by atoms with Crippen molar-refractivity contribution in [1.29, 1.82) is 0 Å². The Kier molecular flexibility index (Phi) is 4.46. The molecule has 0 aliphatic heterocycles. The van der Waals surface area contributed by atoms with Crippen LogP contribution in [0.2, 0.25) is 5.02 Å². The van der Waals surface area contributed by atoms with Gasteiger partial charge >= 0.3 is 0 Å². The first-order valence-electron chi connectivity index (χ1n) is 5.59. The van der Waals surface area contributed by atoms with Crippen LogP contribution in [-0.2, 0) is 9.84 Å². The first-order chi connectivity index (χ1) is 9.29. The number of para-hydroxylation sites is 1. The minimum atomic E-state index is -3.35. The van der Waals surface area contributed by atoms with Crippen LogP contribution in [0.3, 0.4) is 0 Å². The predicted molar refractivity (Wildman–Crippen MR) is 91.4 cm³/mol. The Morgan fingerprint density at radius 3 is 2.50 bits per heavy atom. The van der Waals surface area contributed by atoms with E-state index >= 15 is 0 Å². The molecule has 0 atom stereocenters. The summed E-state index contributed by atoms with van der Waals surface area (Å²) in [6.45, 7) is 0. The monoisotopic (exact) mass is 422 g/mol. The van der Waals surface area contributed by atoms with Crippen LogP contribution in [0.15, 0.2) is 41.3 Å². The van der Waals surface area contributed by atoms with Crippen molar-refractivity contribution in [1.82, 2.24) is 0 Å². The number of rotatable bonds is 3. The van der Waals surface area contributed by atoms with Gasteiger partial charge in [-0.15, -0.1) is 0 Å². The van der Waals surface area contributed by atoms with Gasteiger partial charge in [-0.3, -0.25) is 0 Å². The lowest BCUT2D eigenvalue weighted by atomic mass is 10.2. The summed E-state index contributed by atoms with van der Waals surface area (Å²) in [5, 5.41) is 3.76. The van der Waals surface area contributed by atoms with Gasteiger partial charge in [0.15, 0.2) is 9.84 Å². The number of sulfone groups is 1. The van der Waals surface area contributed by atoms with E-state index in [1.54, 1.807) is 24.3 Å². The van der Waals surface area contributed by atoms with Crippen LogP contribution < -0.4 is 11.1 Å². The van der Waals surface area contributed by atoms with Crippen molar-refractivity contribution in [3.63, 3.8) is 0 Å². The van der Waals surface area contributed by atoms with Crippen molar-refractivity contribution in [2.75, 3.05) is 17.3 Å². The van der Waals surface area contributed by atoms with E-state index in [1.165, 1.54) is 6.07 Å². The fourth-order valence-corrected chi connectivity index (χ4v) is 3.55. The van der Waals surface area contributed by atoms with Crippen LogP contribution in [0.4, 0.5) is 17.1 Å². The molecule has 0 fully saturated rings. The van der Waals surface area contributed by atoms with Gasteiger partial charge in [-0.2, -0.15) is 0 Å². The molecule has 2 rings (SSSR count). The third-order valence-corrected chi connectivity index (χ3v) is 4.95. The SMILES string of the molecule is CS(=O)(=O)c1cccc(Nc2ccc(Cl)cc2I)c1N. The highest BCUT2D eigenvalue weighted by Gasteiger charge is 2.14. The Morgan fingerprint density at radius 2 is 1.90 bits per heavy atom. The molecule has 4 nitrogen and oxygen atoms in total. The smallest absolute Gasteiger partial charge is 0.177 e. The Balaban J connectivity index is 2.45. The van der Waals surface area contributed by atoms with E-state index in [4.69, 9.17) is 17.3 Å². The largest absolute Gasteiger partial charge is 0.396 e. The first-order valence-corrected chi connectivity index (χ1v) is 8.94. The number of nitrogens with one attached hydrogen (secondary N) is 1. The van der Waals surface area contributed by atoms with Gasteiger partial charge in [0.25, 0.3) is 0 Å². The second kappa shape index (κ2) is 5.79. The van der Waals surface area contributed by atoms with Crippen molar-refractivity contribution in [3.05, 3.63) is 45.0 Å². The lowest BCUT2D eigenvalue weighted by Gasteiger charge is -2.13. The van der Waals surface area contributed by atoms with E-state index in [0.717, 1.165) is 15.5 Å². The van der Waals surface area contributed by atoms with Crippen molar-refractivity contribution >= 4 is 61.1 Å². The summed E-state index contributed by atoms with van der Waals surface area (Å²) >= 11 is 8.04. The molecule has 2 aromatic carbocycles. The van der Waals surface area contributed by atoms with Crippen molar-refractivity contribution in [2.45, 2.75) is 4.90 Å². The van der Waals surface area contributed by atoms with E-state index in [0.29, 0.717) is 10.7 Å². The fourth-order valence-electron chi connectivity index (χ4n) is 1.71. The molecule has 0 heterocycles. The average molecular weight is 423 g/mol. The third kappa shape index (κ3) is 3.36. The van der Waals surface area contributed by atoms with Crippen molar-refractivity contribution < 1.29 is 8.42 Å². The van der Waals surface area contributed by atoms with Crippen molar-refractivity contribution in [2.24, 2.45) is 0 Å². The second-order valence-electron chi connectivity index (χ2n) is 4.24. The number of hydrogen-bond acceptors (Lipinski definition) is 4. The van der Waals surface area contributed by atoms with E-state index < -0.39 is 9.84 Å². The van der Waals surface area contributed by atoms with Crippen LogP contribution in [0, 0.1) is 3.57 Å². The van der Waals surface area contributed by atoms with Gasteiger partial charge in [0, 0.05) is 14.8 Å². The van der Waals surface area contributed by atoms with Crippen LogP contribution in [-0.4, -0.2) is 14.7 Å². The van der Waals surface area contributed by atoms with Gasteiger partial charge in [-0.05, 0) is 52.9 Å². The van der Waals surface area contributed by atoms with E-state index in [2.05, 4.69) is 27.9 Å². The molecule has 106 valence electrons. The zero-order valence-electron chi connectivity index (χ0n) is 10.5. The molecule has 2 aromatic rings. The molecule has 0 aromatic heterocycles. The summed E-state index contributed by atoms with van der Waals surface area (Å²) in [6, 6.07) is 10.2.